The van der Waals surface area contributed by atoms with Crippen LogP contribution < -0.4 is 10.1 Å². The van der Waals surface area contributed by atoms with Crippen LogP contribution in [0.2, 0.25) is 5.02 Å². The molecule has 0 saturated carbocycles. The van der Waals surface area contributed by atoms with E-state index in [1.165, 1.54) is 0 Å². The van der Waals surface area contributed by atoms with Crippen molar-refractivity contribution in [3.63, 3.8) is 0 Å². The number of anilines is 1. The molecule has 1 N–H and O–H groups in total. The van der Waals surface area contributed by atoms with E-state index in [1.54, 1.807) is 36.4 Å². The van der Waals surface area contributed by atoms with Gasteiger partial charge in [-0.25, -0.2) is 0 Å². The van der Waals surface area contributed by atoms with E-state index in [-0.39, 0.29) is 5.91 Å². The van der Waals surface area contributed by atoms with Crippen molar-refractivity contribution < 1.29 is 9.53 Å². The molecule has 126 valence electrons. The number of carbonyl (C=O) groups is 1. The fraction of sp³-hybridized carbons (Fsp3) is 0.0952. The molecule has 0 saturated heterocycles. The largest absolute Gasteiger partial charge is 0.489 e. The molecule has 0 aliphatic carbocycles. The number of aryl methyl sites for hydroxylation is 1. The van der Waals surface area contributed by atoms with Gasteiger partial charge in [0.05, 0.1) is 0 Å². The first kappa shape index (κ1) is 17.1. The summed E-state index contributed by atoms with van der Waals surface area (Å²) in [4.78, 5) is 12.4. The average molecular weight is 352 g/mol. The second-order valence-corrected chi connectivity index (χ2v) is 6.15. The number of hydrogen-bond acceptors (Lipinski definition) is 2. The number of ether oxygens (including phenoxy) is 1. The summed E-state index contributed by atoms with van der Waals surface area (Å²) in [5.74, 6) is 0.558. The minimum atomic E-state index is -0.167. The van der Waals surface area contributed by atoms with Gasteiger partial charge in [0.25, 0.3) is 5.91 Å². The summed E-state index contributed by atoms with van der Waals surface area (Å²) >= 11 is 5.94. The van der Waals surface area contributed by atoms with Gasteiger partial charge in [-0.05, 0) is 60.5 Å². The quantitative estimate of drug-likeness (QED) is 0.661. The van der Waals surface area contributed by atoms with E-state index >= 15 is 0 Å². The fourth-order valence-electron chi connectivity index (χ4n) is 2.41. The molecule has 0 atom stereocenters. The lowest BCUT2D eigenvalue weighted by molar-refractivity contribution is 0.102. The molecule has 0 aliphatic rings. The van der Waals surface area contributed by atoms with Crippen molar-refractivity contribution >= 4 is 23.2 Å². The summed E-state index contributed by atoms with van der Waals surface area (Å²) in [6, 6.07) is 22.4. The van der Waals surface area contributed by atoms with Gasteiger partial charge in [0.2, 0.25) is 0 Å². The molecule has 0 radical (unpaired) electrons. The van der Waals surface area contributed by atoms with Gasteiger partial charge in [0.15, 0.2) is 0 Å². The molecule has 3 nitrogen and oxygen atoms in total. The van der Waals surface area contributed by atoms with Gasteiger partial charge in [-0.3, -0.25) is 4.79 Å². The van der Waals surface area contributed by atoms with Gasteiger partial charge < -0.3 is 10.1 Å². The smallest absolute Gasteiger partial charge is 0.255 e. The summed E-state index contributed by atoms with van der Waals surface area (Å²) in [7, 11) is 0. The van der Waals surface area contributed by atoms with Crippen LogP contribution in [0.15, 0.2) is 72.8 Å². The third kappa shape index (κ3) is 4.61. The van der Waals surface area contributed by atoms with Crippen LogP contribution in [0, 0.1) is 6.92 Å². The summed E-state index contributed by atoms with van der Waals surface area (Å²) in [6.45, 7) is 2.40. The van der Waals surface area contributed by atoms with E-state index in [0.29, 0.717) is 17.2 Å². The molecule has 1 amide bonds. The maximum absolute atomic E-state index is 12.4. The Balaban J connectivity index is 1.62. The molecular formula is C21H18ClNO2. The van der Waals surface area contributed by atoms with Crippen molar-refractivity contribution in [1.29, 1.82) is 0 Å². The minimum Gasteiger partial charge on any atom is -0.489 e. The topological polar surface area (TPSA) is 38.3 Å². The van der Waals surface area contributed by atoms with E-state index in [2.05, 4.69) is 5.32 Å². The molecule has 0 heterocycles. The zero-order valence-corrected chi connectivity index (χ0v) is 14.6. The van der Waals surface area contributed by atoms with Crippen molar-refractivity contribution in [2.75, 3.05) is 5.32 Å². The monoisotopic (exact) mass is 351 g/mol. The Bertz CT molecular complexity index is 861. The molecule has 0 fully saturated rings. The molecule has 4 heteroatoms. The fourth-order valence-corrected chi connectivity index (χ4v) is 2.63. The Kier molecular flexibility index (Phi) is 5.36. The van der Waals surface area contributed by atoms with Gasteiger partial charge in [-0.1, -0.05) is 41.9 Å². The number of halogens is 1. The highest BCUT2D eigenvalue weighted by atomic mass is 35.5. The Morgan fingerprint density at radius 2 is 1.72 bits per heavy atom. The third-order valence-corrected chi connectivity index (χ3v) is 4.04. The molecular weight excluding hydrogens is 334 g/mol. The highest BCUT2D eigenvalue weighted by Gasteiger charge is 2.08. The minimum absolute atomic E-state index is 0.167. The lowest BCUT2D eigenvalue weighted by Crippen LogP contribution is -2.12. The SMILES string of the molecule is Cc1cc(Cl)ccc1NC(=O)c1ccc(OCc2ccccc2)cc1. The lowest BCUT2D eigenvalue weighted by atomic mass is 10.1. The summed E-state index contributed by atoms with van der Waals surface area (Å²) < 4.78 is 5.73. The van der Waals surface area contributed by atoms with Crippen molar-refractivity contribution in [2.24, 2.45) is 0 Å². The normalized spacial score (nSPS) is 10.3. The number of rotatable bonds is 5. The Labute approximate surface area is 152 Å². The molecule has 25 heavy (non-hydrogen) atoms. The molecule has 3 aromatic rings. The van der Waals surface area contributed by atoms with Gasteiger partial charge in [0.1, 0.15) is 12.4 Å². The van der Waals surface area contributed by atoms with Gasteiger partial charge >= 0.3 is 0 Å². The van der Waals surface area contributed by atoms with Crippen LogP contribution in [-0.2, 0) is 6.61 Å². The predicted octanol–water partition coefficient (Wildman–Crippen LogP) is 5.48. The molecule has 0 aromatic heterocycles. The van der Waals surface area contributed by atoms with Gasteiger partial charge in [-0.2, -0.15) is 0 Å². The van der Waals surface area contributed by atoms with Crippen LogP contribution in [0.1, 0.15) is 21.5 Å². The average Bonchev–Trinajstić information content (AvgIpc) is 2.63. The van der Waals surface area contributed by atoms with E-state index < -0.39 is 0 Å². The number of carbonyl (C=O) groups excluding carboxylic acids is 1. The maximum atomic E-state index is 12.4. The van der Waals surface area contributed by atoms with E-state index in [0.717, 1.165) is 22.6 Å². The third-order valence-electron chi connectivity index (χ3n) is 3.80. The van der Waals surface area contributed by atoms with Crippen LogP contribution in [0.4, 0.5) is 5.69 Å². The molecule has 0 bridgehead atoms. The Hall–Kier alpha value is -2.78. The standard InChI is InChI=1S/C21H18ClNO2/c1-15-13-18(22)9-12-20(15)23-21(24)17-7-10-19(11-8-17)25-14-16-5-3-2-4-6-16/h2-13H,14H2,1H3,(H,23,24). The highest BCUT2D eigenvalue weighted by Crippen LogP contribution is 2.21. The first-order chi connectivity index (χ1) is 12.1. The van der Waals surface area contributed by atoms with Crippen LogP contribution in [0.25, 0.3) is 0 Å². The second kappa shape index (κ2) is 7.86. The lowest BCUT2D eigenvalue weighted by Gasteiger charge is -2.10. The van der Waals surface area contributed by atoms with Gasteiger partial charge in [0, 0.05) is 16.3 Å². The Morgan fingerprint density at radius 1 is 1.00 bits per heavy atom. The van der Waals surface area contributed by atoms with E-state index in [1.807, 2.05) is 43.3 Å². The zero-order chi connectivity index (χ0) is 17.6. The van der Waals surface area contributed by atoms with Crippen LogP contribution in [0.5, 0.6) is 5.75 Å². The molecule has 0 unspecified atom stereocenters. The van der Waals surface area contributed by atoms with Crippen molar-refractivity contribution in [3.8, 4) is 5.75 Å². The molecule has 3 aromatic carbocycles. The highest BCUT2D eigenvalue weighted by molar-refractivity contribution is 6.30. The summed E-state index contributed by atoms with van der Waals surface area (Å²) in [5, 5.41) is 3.54. The van der Waals surface area contributed by atoms with E-state index in [9.17, 15) is 4.79 Å². The second-order valence-electron chi connectivity index (χ2n) is 5.71. The molecule has 3 rings (SSSR count). The molecule has 0 aliphatic heterocycles. The van der Waals surface area contributed by atoms with Crippen molar-refractivity contribution in [2.45, 2.75) is 13.5 Å². The number of hydrogen-bond donors (Lipinski definition) is 1. The van der Waals surface area contributed by atoms with Crippen molar-refractivity contribution in [1.82, 2.24) is 0 Å². The summed E-state index contributed by atoms with van der Waals surface area (Å²) in [5.41, 5.74) is 3.34. The van der Waals surface area contributed by atoms with Crippen LogP contribution >= 0.6 is 11.6 Å². The first-order valence-electron chi connectivity index (χ1n) is 7.96. The van der Waals surface area contributed by atoms with Crippen molar-refractivity contribution in [3.05, 3.63) is 94.5 Å². The summed E-state index contributed by atoms with van der Waals surface area (Å²) in [6.07, 6.45) is 0. The first-order valence-corrected chi connectivity index (χ1v) is 8.34. The number of amides is 1. The van der Waals surface area contributed by atoms with Crippen LogP contribution in [0.3, 0.4) is 0 Å². The zero-order valence-electron chi connectivity index (χ0n) is 13.8. The molecule has 0 spiro atoms. The number of nitrogens with one attached hydrogen (secondary N) is 1. The van der Waals surface area contributed by atoms with Crippen LogP contribution in [-0.4, -0.2) is 5.91 Å². The Morgan fingerprint density at radius 3 is 2.40 bits per heavy atom. The number of benzene rings is 3. The predicted molar refractivity (Wildman–Crippen MR) is 101 cm³/mol. The maximum Gasteiger partial charge on any atom is 0.255 e. The van der Waals surface area contributed by atoms with E-state index in [4.69, 9.17) is 16.3 Å². The van der Waals surface area contributed by atoms with Gasteiger partial charge in [-0.15, -0.1) is 0 Å².